The molecule has 6 nitrogen and oxygen atoms in total. The minimum absolute atomic E-state index is 0.0692. The third-order valence-electron chi connectivity index (χ3n) is 4.50. The summed E-state index contributed by atoms with van der Waals surface area (Å²) in [5.74, 6) is 0.0692. The summed E-state index contributed by atoms with van der Waals surface area (Å²) in [5.41, 5.74) is 2.79. The van der Waals surface area contributed by atoms with Crippen molar-refractivity contribution in [2.75, 3.05) is 39.3 Å². The fourth-order valence-corrected chi connectivity index (χ4v) is 3.16. The molecule has 0 spiro atoms. The van der Waals surface area contributed by atoms with E-state index in [4.69, 9.17) is 4.74 Å². The van der Waals surface area contributed by atoms with Gasteiger partial charge in [0.15, 0.2) is 5.69 Å². The van der Waals surface area contributed by atoms with Gasteiger partial charge < -0.3 is 14.5 Å². The lowest BCUT2D eigenvalue weighted by atomic mass is 10.1. The zero-order valence-corrected chi connectivity index (χ0v) is 13.0. The molecule has 0 atom stereocenters. The monoisotopic (exact) mass is 292 g/mol. The molecule has 1 amide bonds. The van der Waals surface area contributed by atoms with Crippen LogP contribution in [0, 0.1) is 0 Å². The zero-order chi connectivity index (χ0) is 14.8. The smallest absolute Gasteiger partial charge is 0.274 e. The highest BCUT2D eigenvalue weighted by molar-refractivity contribution is 5.94. The Morgan fingerprint density at radius 2 is 1.95 bits per heavy atom. The molecule has 0 aliphatic carbocycles. The maximum atomic E-state index is 12.8. The van der Waals surface area contributed by atoms with Gasteiger partial charge in [-0.3, -0.25) is 9.48 Å². The summed E-state index contributed by atoms with van der Waals surface area (Å²) in [7, 11) is 0. The van der Waals surface area contributed by atoms with Crippen LogP contribution in [-0.4, -0.2) is 64.8 Å². The van der Waals surface area contributed by atoms with Crippen LogP contribution in [0.1, 0.15) is 35.6 Å². The van der Waals surface area contributed by atoms with Crippen molar-refractivity contribution in [1.29, 1.82) is 0 Å². The van der Waals surface area contributed by atoms with Gasteiger partial charge in [-0.25, -0.2) is 0 Å². The third-order valence-corrected chi connectivity index (χ3v) is 4.50. The number of rotatable bonds is 3. The summed E-state index contributed by atoms with van der Waals surface area (Å²) in [6.07, 6.45) is 0.854. The van der Waals surface area contributed by atoms with Gasteiger partial charge in [0.05, 0.1) is 13.2 Å². The first-order valence-corrected chi connectivity index (χ1v) is 7.92. The van der Waals surface area contributed by atoms with Crippen LogP contribution in [0.15, 0.2) is 0 Å². The predicted octanol–water partition coefficient (Wildman–Crippen LogP) is 0.753. The van der Waals surface area contributed by atoms with Gasteiger partial charge in [0.2, 0.25) is 0 Å². The van der Waals surface area contributed by atoms with Crippen molar-refractivity contribution >= 4 is 5.91 Å². The number of piperazine rings is 1. The maximum Gasteiger partial charge on any atom is 0.274 e. The van der Waals surface area contributed by atoms with E-state index in [0.29, 0.717) is 12.3 Å². The molecule has 2 aliphatic rings. The lowest BCUT2D eigenvalue weighted by molar-refractivity contribution is 0.0627. The number of amides is 1. The van der Waals surface area contributed by atoms with Crippen molar-refractivity contribution in [3.8, 4) is 0 Å². The molecule has 1 aromatic rings. The predicted molar refractivity (Wildman–Crippen MR) is 79.3 cm³/mol. The van der Waals surface area contributed by atoms with Gasteiger partial charge >= 0.3 is 0 Å². The van der Waals surface area contributed by atoms with E-state index in [1.807, 2.05) is 9.58 Å². The Kier molecular flexibility index (Phi) is 4.26. The fraction of sp³-hybridized carbons (Fsp3) is 0.733. The Morgan fingerprint density at radius 1 is 1.19 bits per heavy atom. The van der Waals surface area contributed by atoms with Crippen molar-refractivity contribution in [1.82, 2.24) is 19.6 Å². The molecule has 0 bridgehead atoms. The van der Waals surface area contributed by atoms with Crippen LogP contribution >= 0.6 is 0 Å². The van der Waals surface area contributed by atoms with E-state index in [1.165, 1.54) is 5.69 Å². The van der Waals surface area contributed by atoms with E-state index in [9.17, 15) is 4.79 Å². The molecule has 0 N–H and O–H groups in total. The van der Waals surface area contributed by atoms with Gasteiger partial charge in [-0.15, -0.1) is 0 Å². The molecular formula is C15H24N4O2. The number of hydrogen-bond acceptors (Lipinski definition) is 4. The van der Waals surface area contributed by atoms with Gasteiger partial charge in [-0.2, -0.15) is 5.10 Å². The van der Waals surface area contributed by atoms with Crippen LogP contribution in [0.4, 0.5) is 0 Å². The van der Waals surface area contributed by atoms with Crippen LogP contribution in [0.25, 0.3) is 0 Å². The second-order valence-electron chi connectivity index (χ2n) is 5.62. The van der Waals surface area contributed by atoms with Crippen molar-refractivity contribution in [3.05, 3.63) is 17.0 Å². The molecule has 116 valence electrons. The summed E-state index contributed by atoms with van der Waals surface area (Å²) in [6, 6.07) is 0. The lowest BCUT2D eigenvalue weighted by Crippen LogP contribution is -2.48. The molecule has 0 unspecified atom stereocenters. The summed E-state index contributed by atoms with van der Waals surface area (Å²) < 4.78 is 7.50. The highest BCUT2D eigenvalue weighted by Crippen LogP contribution is 2.22. The Bertz CT molecular complexity index is 518. The lowest BCUT2D eigenvalue weighted by Gasteiger charge is -2.33. The molecule has 1 saturated heterocycles. The average Bonchev–Trinajstić information content (AvgIpc) is 2.93. The first kappa shape index (κ1) is 14.5. The molecule has 3 heterocycles. The number of hydrogen-bond donors (Lipinski definition) is 0. The van der Waals surface area contributed by atoms with Gasteiger partial charge in [-0.05, 0) is 13.5 Å². The minimum Gasteiger partial charge on any atom is -0.376 e. The van der Waals surface area contributed by atoms with Crippen molar-refractivity contribution in [3.63, 3.8) is 0 Å². The van der Waals surface area contributed by atoms with Gasteiger partial charge in [0.25, 0.3) is 5.91 Å². The Balaban J connectivity index is 1.80. The van der Waals surface area contributed by atoms with Gasteiger partial charge in [0.1, 0.15) is 0 Å². The second kappa shape index (κ2) is 6.15. The Morgan fingerprint density at radius 3 is 2.62 bits per heavy atom. The number of carbonyl (C=O) groups is 1. The van der Waals surface area contributed by atoms with Crippen LogP contribution in [0.5, 0.6) is 0 Å². The van der Waals surface area contributed by atoms with Crippen LogP contribution in [0.2, 0.25) is 0 Å². The zero-order valence-electron chi connectivity index (χ0n) is 13.0. The van der Waals surface area contributed by atoms with Crippen LogP contribution < -0.4 is 0 Å². The number of fused-ring (bicyclic) bond motifs is 1. The molecule has 1 fully saturated rings. The third kappa shape index (κ3) is 2.70. The standard InChI is InChI=1S/C15H24N4O2/c1-3-17-6-8-18(9-7-17)15(20)14-12-11-21-10-5-13(12)19(4-2)16-14/h3-11H2,1-2H3. The first-order chi connectivity index (χ1) is 10.2. The summed E-state index contributed by atoms with van der Waals surface area (Å²) in [5, 5.41) is 4.56. The normalized spacial score (nSPS) is 19.6. The Labute approximate surface area is 125 Å². The summed E-state index contributed by atoms with van der Waals surface area (Å²) in [4.78, 5) is 17.1. The molecule has 3 rings (SSSR count). The minimum atomic E-state index is 0.0692. The van der Waals surface area contributed by atoms with E-state index >= 15 is 0 Å². The van der Waals surface area contributed by atoms with Crippen molar-refractivity contribution in [2.45, 2.75) is 33.4 Å². The van der Waals surface area contributed by atoms with E-state index in [0.717, 1.165) is 57.9 Å². The topological polar surface area (TPSA) is 50.6 Å². The summed E-state index contributed by atoms with van der Waals surface area (Å²) in [6.45, 7) is 10.8. The SMILES string of the molecule is CCN1CCN(C(=O)c2nn(CC)c3c2COCC3)CC1. The molecule has 0 radical (unpaired) electrons. The van der Waals surface area contributed by atoms with E-state index in [2.05, 4.69) is 23.8 Å². The number of nitrogens with zero attached hydrogens (tertiary/aromatic N) is 4. The van der Waals surface area contributed by atoms with Gasteiger partial charge in [-0.1, -0.05) is 6.92 Å². The molecule has 6 heteroatoms. The first-order valence-electron chi connectivity index (χ1n) is 7.92. The summed E-state index contributed by atoms with van der Waals surface area (Å²) >= 11 is 0. The van der Waals surface area contributed by atoms with Crippen LogP contribution in [-0.2, 0) is 24.3 Å². The largest absolute Gasteiger partial charge is 0.376 e. The maximum absolute atomic E-state index is 12.8. The number of likely N-dealkylation sites (N-methyl/N-ethyl adjacent to an activating group) is 1. The quantitative estimate of drug-likeness (QED) is 0.825. The molecule has 0 aromatic carbocycles. The van der Waals surface area contributed by atoms with E-state index < -0.39 is 0 Å². The molecule has 0 saturated carbocycles. The molecule has 21 heavy (non-hydrogen) atoms. The molecule has 2 aliphatic heterocycles. The second-order valence-corrected chi connectivity index (χ2v) is 5.62. The number of carbonyl (C=O) groups excluding carboxylic acids is 1. The number of aryl methyl sites for hydroxylation is 1. The highest BCUT2D eigenvalue weighted by atomic mass is 16.5. The highest BCUT2D eigenvalue weighted by Gasteiger charge is 2.29. The Hall–Kier alpha value is -1.40. The average molecular weight is 292 g/mol. The van der Waals surface area contributed by atoms with Gasteiger partial charge in [0, 0.05) is 50.4 Å². The molecular weight excluding hydrogens is 268 g/mol. The van der Waals surface area contributed by atoms with E-state index in [-0.39, 0.29) is 5.91 Å². The number of ether oxygens (including phenoxy) is 1. The fourth-order valence-electron chi connectivity index (χ4n) is 3.16. The van der Waals surface area contributed by atoms with Crippen molar-refractivity contribution < 1.29 is 9.53 Å². The number of aromatic nitrogens is 2. The van der Waals surface area contributed by atoms with Crippen LogP contribution in [0.3, 0.4) is 0 Å². The molecule has 1 aromatic heterocycles. The van der Waals surface area contributed by atoms with Crippen molar-refractivity contribution in [2.24, 2.45) is 0 Å². The van der Waals surface area contributed by atoms with E-state index in [1.54, 1.807) is 0 Å².